The molecule has 25 heavy (non-hydrogen) atoms. The van der Waals surface area contributed by atoms with Gasteiger partial charge >= 0.3 is 6.03 Å². The number of hydrogen-bond donors (Lipinski definition) is 1. The molecule has 2 heterocycles. The average Bonchev–Trinajstić information content (AvgIpc) is 2.80. The van der Waals surface area contributed by atoms with E-state index in [0.717, 1.165) is 23.6 Å². The van der Waals surface area contributed by atoms with E-state index in [1.807, 2.05) is 31.2 Å². The number of aliphatic hydroxyl groups is 1. The third-order valence-corrected chi connectivity index (χ3v) is 4.73. The fourth-order valence-corrected chi connectivity index (χ4v) is 3.28. The highest BCUT2D eigenvalue weighted by molar-refractivity contribution is 6.14. The van der Waals surface area contributed by atoms with Crippen LogP contribution >= 0.6 is 0 Å². The van der Waals surface area contributed by atoms with Crippen molar-refractivity contribution in [1.29, 1.82) is 0 Å². The highest BCUT2D eigenvalue weighted by Gasteiger charge is 2.43. The quantitative estimate of drug-likeness (QED) is 0.800. The van der Waals surface area contributed by atoms with Gasteiger partial charge in [-0.1, -0.05) is 17.7 Å². The van der Waals surface area contributed by atoms with Gasteiger partial charge in [-0.25, -0.2) is 4.79 Å². The number of carbonyl (C=O) groups is 2. The zero-order valence-corrected chi connectivity index (χ0v) is 14.7. The molecule has 0 bridgehead atoms. The Morgan fingerprint density at radius 3 is 2.44 bits per heavy atom. The van der Waals surface area contributed by atoms with Crippen LogP contribution < -0.4 is 4.90 Å². The first-order chi connectivity index (χ1) is 12.0. The topological polar surface area (TPSA) is 73.3 Å². The molecule has 2 atom stereocenters. The smallest absolute Gasteiger partial charge is 0.332 e. The van der Waals surface area contributed by atoms with Gasteiger partial charge in [0.15, 0.2) is 0 Å². The van der Waals surface area contributed by atoms with Gasteiger partial charge in [0.2, 0.25) is 0 Å². The molecule has 136 valence electrons. The number of ether oxygens (including phenoxy) is 1. The Bertz CT molecular complexity index is 628. The Kier molecular flexibility index (Phi) is 5.36. The molecular weight excluding hydrogens is 322 g/mol. The Hall–Kier alpha value is -1.96. The molecule has 2 aliphatic heterocycles. The number of anilines is 1. The predicted octanol–water partition coefficient (Wildman–Crippen LogP) is 0.845. The van der Waals surface area contributed by atoms with Crippen molar-refractivity contribution in [1.82, 2.24) is 9.80 Å². The molecule has 0 radical (unpaired) electrons. The van der Waals surface area contributed by atoms with Crippen molar-refractivity contribution in [2.75, 3.05) is 44.3 Å². The summed E-state index contributed by atoms with van der Waals surface area (Å²) in [7, 11) is 0. The maximum absolute atomic E-state index is 12.7. The molecule has 7 nitrogen and oxygen atoms in total. The van der Waals surface area contributed by atoms with E-state index in [4.69, 9.17) is 4.74 Å². The number of urea groups is 1. The first-order valence-electron chi connectivity index (χ1n) is 8.67. The lowest BCUT2D eigenvalue weighted by atomic mass is 10.2. The van der Waals surface area contributed by atoms with Crippen LogP contribution in [0.25, 0.3) is 0 Å². The van der Waals surface area contributed by atoms with Crippen LogP contribution in [0, 0.1) is 6.92 Å². The lowest BCUT2D eigenvalue weighted by Crippen LogP contribution is -2.46. The van der Waals surface area contributed by atoms with E-state index in [-0.39, 0.29) is 18.5 Å². The van der Waals surface area contributed by atoms with Gasteiger partial charge in [-0.3, -0.25) is 19.5 Å². The van der Waals surface area contributed by atoms with Crippen LogP contribution in [0.2, 0.25) is 0 Å². The maximum atomic E-state index is 12.7. The predicted molar refractivity (Wildman–Crippen MR) is 93.5 cm³/mol. The van der Waals surface area contributed by atoms with Gasteiger partial charge < -0.3 is 9.84 Å². The van der Waals surface area contributed by atoms with E-state index in [0.29, 0.717) is 25.4 Å². The summed E-state index contributed by atoms with van der Waals surface area (Å²) < 4.78 is 5.29. The SMILES string of the molecule is Cc1ccc(N2C(=O)N(C[C@H](O)CN3CCOCC3)C(=O)[C@@H]2C)cc1. The molecule has 3 rings (SSSR count). The molecule has 3 amide bonds. The third kappa shape index (κ3) is 3.84. The zero-order valence-electron chi connectivity index (χ0n) is 14.7. The van der Waals surface area contributed by atoms with Crippen molar-refractivity contribution >= 4 is 17.6 Å². The molecular formula is C18H25N3O4. The van der Waals surface area contributed by atoms with Gasteiger partial charge in [-0.05, 0) is 26.0 Å². The molecule has 0 saturated carbocycles. The van der Waals surface area contributed by atoms with E-state index >= 15 is 0 Å². The molecule has 1 aromatic carbocycles. The van der Waals surface area contributed by atoms with Gasteiger partial charge in [0.05, 0.1) is 25.9 Å². The number of rotatable bonds is 5. The Morgan fingerprint density at radius 2 is 1.80 bits per heavy atom. The summed E-state index contributed by atoms with van der Waals surface area (Å²) in [6.07, 6.45) is -0.767. The summed E-state index contributed by atoms with van der Waals surface area (Å²) in [4.78, 5) is 30.0. The molecule has 2 fully saturated rings. The zero-order chi connectivity index (χ0) is 18.0. The number of hydrogen-bond acceptors (Lipinski definition) is 5. The van der Waals surface area contributed by atoms with Crippen molar-refractivity contribution in [2.24, 2.45) is 0 Å². The summed E-state index contributed by atoms with van der Waals surface area (Å²) in [5, 5.41) is 10.3. The Labute approximate surface area is 147 Å². The number of imide groups is 1. The van der Waals surface area contributed by atoms with Crippen LogP contribution in [0.5, 0.6) is 0 Å². The molecule has 2 aliphatic rings. The Morgan fingerprint density at radius 1 is 1.16 bits per heavy atom. The second kappa shape index (κ2) is 7.51. The number of nitrogens with zero attached hydrogens (tertiary/aromatic N) is 3. The van der Waals surface area contributed by atoms with E-state index in [1.165, 1.54) is 4.90 Å². The molecule has 7 heteroatoms. The summed E-state index contributed by atoms with van der Waals surface area (Å²) >= 11 is 0. The highest BCUT2D eigenvalue weighted by atomic mass is 16.5. The molecule has 0 spiro atoms. The van der Waals surface area contributed by atoms with Crippen LogP contribution in [0.4, 0.5) is 10.5 Å². The van der Waals surface area contributed by atoms with Gasteiger partial charge in [0.25, 0.3) is 5.91 Å². The van der Waals surface area contributed by atoms with Gasteiger partial charge in [-0.2, -0.15) is 0 Å². The molecule has 0 unspecified atom stereocenters. The number of morpholine rings is 1. The molecule has 2 saturated heterocycles. The van der Waals surface area contributed by atoms with Crippen LogP contribution in [-0.2, 0) is 9.53 Å². The minimum atomic E-state index is -0.767. The second-order valence-corrected chi connectivity index (χ2v) is 6.68. The van der Waals surface area contributed by atoms with Crippen LogP contribution in [0.1, 0.15) is 12.5 Å². The molecule has 1 aromatic rings. The van der Waals surface area contributed by atoms with E-state index < -0.39 is 12.1 Å². The number of aryl methyl sites for hydroxylation is 1. The summed E-state index contributed by atoms with van der Waals surface area (Å²) in [5.41, 5.74) is 1.79. The minimum Gasteiger partial charge on any atom is -0.390 e. The number of amides is 3. The fraction of sp³-hybridized carbons (Fsp3) is 0.556. The minimum absolute atomic E-state index is 0.0156. The lowest BCUT2D eigenvalue weighted by molar-refractivity contribution is -0.128. The highest BCUT2D eigenvalue weighted by Crippen LogP contribution is 2.26. The number of carbonyl (C=O) groups excluding carboxylic acids is 2. The normalized spacial score (nSPS) is 23.4. The summed E-state index contributed by atoms with van der Waals surface area (Å²) in [6, 6.07) is 6.56. The number of benzene rings is 1. The van der Waals surface area contributed by atoms with E-state index in [1.54, 1.807) is 6.92 Å². The number of β-amino-alcohol motifs (C(OH)–C–C–N with tert-alkyl or cyclic N) is 1. The van der Waals surface area contributed by atoms with Crippen molar-refractivity contribution in [3.8, 4) is 0 Å². The van der Waals surface area contributed by atoms with Gasteiger partial charge in [0, 0.05) is 25.3 Å². The van der Waals surface area contributed by atoms with Crippen molar-refractivity contribution in [3.63, 3.8) is 0 Å². The first kappa shape index (κ1) is 17.8. The summed E-state index contributed by atoms with van der Waals surface area (Å²) in [6.45, 7) is 6.93. The van der Waals surface area contributed by atoms with Crippen LogP contribution in [0.15, 0.2) is 24.3 Å². The molecule has 0 aliphatic carbocycles. The lowest BCUT2D eigenvalue weighted by Gasteiger charge is -2.29. The van der Waals surface area contributed by atoms with Crippen LogP contribution in [0.3, 0.4) is 0 Å². The molecule has 0 aromatic heterocycles. The fourth-order valence-electron chi connectivity index (χ4n) is 3.28. The third-order valence-electron chi connectivity index (χ3n) is 4.73. The maximum Gasteiger partial charge on any atom is 0.332 e. The monoisotopic (exact) mass is 347 g/mol. The second-order valence-electron chi connectivity index (χ2n) is 6.68. The molecule has 1 N–H and O–H groups in total. The first-order valence-corrected chi connectivity index (χ1v) is 8.67. The average molecular weight is 347 g/mol. The summed E-state index contributed by atoms with van der Waals surface area (Å²) in [5.74, 6) is -0.272. The van der Waals surface area contributed by atoms with Gasteiger partial charge in [-0.15, -0.1) is 0 Å². The van der Waals surface area contributed by atoms with Crippen molar-refractivity contribution in [2.45, 2.75) is 26.0 Å². The van der Waals surface area contributed by atoms with E-state index in [2.05, 4.69) is 4.90 Å². The standard InChI is InChI=1S/C18H25N3O4/c1-13-3-5-15(6-4-13)21-14(2)17(23)20(18(21)24)12-16(22)11-19-7-9-25-10-8-19/h3-6,14,16,22H,7-12H2,1-2H3/t14-,16+/m0/s1. The van der Waals surface area contributed by atoms with E-state index in [9.17, 15) is 14.7 Å². The Balaban J connectivity index is 1.66. The van der Waals surface area contributed by atoms with Gasteiger partial charge in [0.1, 0.15) is 6.04 Å². The van der Waals surface area contributed by atoms with Crippen molar-refractivity contribution in [3.05, 3.63) is 29.8 Å². The largest absolute Gasteiger partial charge is 0.390 e. The van der Waals surface area contributed by atoms with Crippen molar-refractivity contribution < 1.29 is 19.4 Å². The number of aliphatic hydroxyl groups excluding tert-OH is 1. The van der Waals surface area contributed by atoms with Crippen LogP contribution in [-0.4, -0.2) is 78.4 Å².